The van der Waals surface area contributed by atoms with Crippen LogP contribution in [0.15, 0.2) is 48.5 Å². The molecule has 0 radical (unpaired) electrons. The van der Waals surface area contributed by atoms with Gasteiger partial charge in [-0.1, -0.05) is 0 Å². The van der Waals surface area contributed by atoms with Crippen LogP contribution in [0.2, 0.25) is 0 Å². The first-order valence-electron chi connectivity index (χ1n) is 9.71. The molecule has 0 atom stereocenters. The molecule has 2 amide bonds. The smallest absolute Gasteiger partial charge is 0.321 e. The molecule has 29 heavy (non-hydrogen) atoms. The van der Waals surface area contributed by atoms with Gasteiger partial charge in [-0.25, -0.2) is 4.79 Å². The lowest BCUT2D eigenvalue weighted by Gasteiger charge is -2.34. The second kappa shape index (κ2) is 9.93. The van der Waals surface area contributed by atoms with Crippen molar-refractivity contribution in [3.05, 3.63) is 54.1 Å². The van der Waals surface area contributed by atoms with Crippen LogP contribution in [0, 0.1) is 0 Å². The van der Waals surface area contributed by atoms with Gasteiger partial charge in [-0.3, -0.25) is 9.69 Å². The number of amides is 2. The number of carbonyl (C=O) groups is 2. The highest BCUT2D eigenvalue weighted by Gasteiger charge is 2.21. The molecule has 2 aromatic rings. The van der Waals surface area contributed by atoms with Gasteiger partial charge in [0, 0.05) is 44.0 Å². The molecular weight excluding hydrogens is 370 g/mol. The lowest BCUT2D eigenvalue weighted by Crippen LogP contribution is -2.50. The number of rotatable bonds is 7. The van der Waals surface area contributed by atoms with Crippen LogP contribution in [0.25, 0.3) is 0 Å². The maximum atomic E-state index is 12.4. The predicted molar refractivity (Wildman–Crippen MR) is 112 cm³/mol. The predicted octanol–water partition coefficient (Wildman–Crippen LogP) is 3.13. The van der Waals surface area contributed by atoms with Gasteiger partial charge in [-0.2, -0.15) is 0 Å². The van der Waals surface area contributed by atoms with E-state index in [9.17, 15) is 9.59 Å². The van der Waals surface area contributed by atoms with Crippen LogP contribution in [-0.4, -0.2) is 68.1 Å². The van der Waals surface area contributed by atoms with E-state index in [2.05, 4.69) is 10.2 Å². The Morgan fingerprint density at radius 2 is 1.55 bits per heavy atom. The zero-order valence-corrected chi connectivity index (χ0v) is 16.9. The van der Waals surface area contributed by atoms with Crippen molar-refractivity contribution in [2.24, 2.45) is 0 Å². The van der Waals surface area contributed by atoms with E-state index in [1.165, 1.54) is 6.92 Å². The summed E-state index contributed by atoms with van der Waals surface area (Å²) >= 11 is 0. The summed E-state index contributed by atoms with van der Waals surface area (Å²) in [7, 11) is 1.64. The Labute approximate surface area is 171 Å². The third kappa shape index (κ3) is 5.96. The van der Waals surface area contributed by atoms with E-state index in [1.54, 1.807) is 36.3 Å². The van der Waals surface area contributed by atoms with Gasteiger partial charge in [-0.15, -0.1) is 0 Å². The van der Waals surface area contributed by atoms with Gasteiger partial charge < -0.3 is 19.7 Å². The van der Waals surface area contributed by atoms with Crippen LogP contribution in [0.3, 0.4) is 0 Å². The second-order valence-electron chi connectivity index (χ2n) is 6.92. The number of hydrogen-bond acceptors (Lipinski definition) is 5. The van der Waals surface area contributed by atoms with Crippen LogP contribution in [0.1, 0.15) is 17.3 Å². The molecule has 2 aromatic carbocycles. The van der Waals surface area contributed by atoms with Crippen molar-refractivity contribution in [1.82, 2.24) is 9.80 Å². The number of nitrogens with one attached hydrogen (secondary N) is 1. The van der Waals surface area contributed by atoms with Gasteiger partial charge >= 0.3 is 6.03 Å². The Balaban J connectivity index is 1.37. The third-order valence-corrected chi connectivity index (χ3v) is 4.94. The van der Waals surface area contributed by atoms with Gasteiger partial charge in [0.1, 0.15) is 18.1 Å². The first kappa shape index (κ1) is 20.7. The zero-order chi connectivity index (χ0) is 20.6. The van der Waals surface area contributed by atoms with Crippen molar-refractivity contribution >= 4 is 17.5 Å². The van der Waals surface area contributed by atoms with Crippen LogP contribution < -0.4 is 14.8 Å². The molecule has 7 nitrogen and oxygen atoms in total. The SMILES string of the molecule is COc1ccc(OCCN2CCN(C(=O)Nc3ccc(C(C)=O)cc3)CC2)cc1. The highest BCUT2D eigenvalue weighted by molar-refractivity contribution is 5.95. The van der Waals surface area contributed by atoms with E-state index in [1.807, 2.05) is 24.3 Å². The van der Waals surface area contributed by atoms with Crippen molar-refractivity contribution in [2.75, 3.05) is 51.8 Å². The number of nitrogens with zero attached hydrogens (tertiary/aromatic N) is 2. The highest BCUT2D eigenvalue weighted by atomic mass is 16.5. The fourth-order valence-electron chi connectivity index (χ4n) is 3.13. The Hall–Kier alpha value is -3.06. The molecule has 1 aliphatic heterocycles. The average Bonchev–Trinajstić information content (AvgIpc) is 2.75. The molecule has 7 heteroatoms. The van der Waals surface area contributed by atoms with Gasteiger partial charge in [-0.05, 0) is 55.5 Å². The number of benzene rings is 2. The Morgan fingerprint density at radius 3 is 2.14 bits per heavy atom. The van der Waals surface area contributed by atoms with Crippen molar-refractivity contribution in [1.29, 1.82) is 0 Å². The second-order valence-corrected chi connectivity index (χ2v) is 6.92. The van der Waals surface area contributed by atoms with E-state index in [-0.39, 0.29) is 11.8 Å². The molecule has 0 spiro atoms. The Kier molecular flexibility index (Phi) is 7.08. The molecule has 0 aliphatic carbocycles. The van der Waals surface area contributed by atoms with Gasteiger partial charge in [0.15, 0.2) is 5.78 Å². The van der Waals surface area contributed by atoms with E-state index >= 15 is 0 Å². The molecule has 1 aliphatic rings. The molecule has 3 rings (SSSR count). The average molecular weight is 397 g/mol. The van der Waals surface area contributed by atoms with Crippen molar-refractivity contribution in [2.45, 2.75) is 6.92 Å². The minimum Gasteiger partial charge on any atom is -0.497 e. The normalized spacial score (nSPS) is 14.3. The largest absolute Gasteiger partial charge is 0.497 e. The number of piperazine rings is 1. The molecule has 1 heterocycles. The highest BCUT2D eigenvalue weighted by Crippen LogP contribution is 2.17. The molecule has 0 bridgehead atoms. The molecule has 0 unspecified atom stereocenters. The standard InChI is InChI=1S/C22H27N3O4/c1-17(26)18-3-5-19(6-4-18)23-22(27)25-13-11-24(12-14-25)15-16-29-21-9-7-20(28-2)8-10-21/h3-10H,11-16H2,1-2H3,(H,23,27). The first-order valence-corrected chi connectivity index (χ1v) is 9.71. The summed E-state index contributed by atoms with van der Waals surface area (Å²) < 4.78 is 10.9. The molecule has 0 aromatic heterocycles. The van der Waals surface area contributed by atoms with E-state index < -0.39 is 0 Å². The summed E-state index contributed by atoms with van der Waals surface area (Å²) in [4.78, 5) is 27.9. The summed E-state index contributed by atoms with van der Waals surface area (Å²) in [6, 6.07) is 14.4. The number of urea groups is 1. The topological polar surface area (TPSA) is 71.1 Å². The number of ketones is 1. The molecule has 154 valence electrons. The quantitative estimate of drug-likeness (QED) is 0.727. The van der Waals surface area contributed by atoms with E-state index in [0.717, 1.165) is 31.1 Å². The van der Waals surface area contributed by atoms with Crippen LogP contribution >= 0.6 is 0 Å². The third-order valence-electron chi connectivity index (χ3n) is 4.94. The van der Waals surface area contributed by atoms with Crippen LogP contribution in [0.4, 0.5) is 10.5 Å². The van der Waals surface area contributed by atoms with Crippen molar-refractivity contribution < 1.29 is 19.1 Å². The fraction of sp³-hybridized carbons (Fsp3) is 0.364. The molecule has 0 saturated carbocycles. The number of anilines is 1. The molecule has 1 saturated heterocycles. The zero-order valence-electron chi connectivity index (χ0n) is 16.9. The number of Topliss-reactive ketones (excluding diaryl/α,β-unsaturated/α-hetero) is 1. The van der Waals surface area contributed by atoms with Gasteiger partial charge in [0.2, 0.25) is 0 Å². The minimum atomic E-state index is -0.116. The summed E-state index contributed by atoms with van der Waals surface area (Å²) in [6.45, 7) is 5.88. The number of methoxy groups -OCH3 is 1. The molecular formula is C22H27N3O4. The summed E-state index contributed by atoms with van der Waals surface area (Å²) in [6.07, 6.45) is 0. The van der Waals surface area contributed by atoms with E-state index in [0.29, 0.717) is 30.9 Å². The maximum Gasteiger partial charge on any atom is 0.321 e. The summed E-state index contributed by atoms with van der Waals surface area (Å²) in [5.41, 5.74) is 1.32. The van der Waals surface area contributed by atoms with Gasteiger partial charge in [0.25, 0.3) is 0 Å². The summed E-state index contributed by atoms with van der Waals surface area (Å²) in [5, 5.41) is 2.89. The number of hydrogen-bond donors (Lipinski definition) is 1. The lowest BCUT2D eigenvalue weighted by molar-refractivity contribution is 0.101. The maximum absolute atomic E-state index is 12.4. The first-order chi connectivity index (χ1) is 14.0. The summed E-state index contributed by atoms with van der Waals surface area (Å²) in [5.74, 6) is 1.64. The fourth-order valence-corrected chi connectivity index (χ4v) is 3.13. The van der Waals surface area contributed by atoms with Crippen LogP contribution in [-0.2, 0) is 0 Å². The Morgan fingerprint density at radius 1 is 0.931 bits per heavy atom. The van der Waals surface area contributed by atoms with E-state index in [4.69, 9.17) is 9.47 Å². The van der Waals surface area contributed by atoms with Crippen LogP contribution in [0.5, 0.6) is 11.5 Å². The number of carbonyl (C=O) groups excluding carboxylic acids is 2. The Bertz CT molecular complexity index is 813. The molecule has 1 fully saturated rings. The van der Waals surface area contributed by atoms with Crippen molar-refractivity contribution in [3.8, 4) is 11.5 Å². The van der Waals surface area contributed by atoms with Crippen molar-refractivity contribution in [3.63, 3.8) is 0 Å². The van der Waals surface area contributed by atoms with Gasteiger partial charge in [0.05, 0.1) is 7.11 Å². The number of ether oxygens (including phenoxy) is 2. The minimum absolute atomic E-state index is 0.00923. The monoisotopic (exact) mass is 397 g/mol. The molecule has 1 N–H and O–H groups in total. The lowest BCUT2D eigenvalue weighted by atomic mass is 10.1.